The molecule has 0 saturated heterocycles. The second kappa shape index (κ2) is 8.72. The Kier molecular flexibility index (Phi) is 8.27. The van der Waals surface area contributed by atoms with Crippen LogP contribution in [-0.4, -0.2) is 27.3 Å². The zero-order valence-electron chi connectivity index (χ0n) is 15.6. The summed E-state index contributed by atoms with van der Waals surface area (Å²) in [4.78, 5) is 0. The molecule has 0 aromatic rings. The van der Waals surface area contributed by atoms with Gasteiger partial charge in [0, 0.05) is 5.41 Å². The SMILES string of the molecule is CC/C=C\C(C)(C)C(C)(O)/C=C\[C]=C\C(C)(O)C(F)(F)/C=C\CC. The van der Waals surface area contributed by atoms with E-state index in [1.54, 1.807) is 13.8 Å². The van der Waals surface area contributed by atoms with Crippen LogP contribution in [0.1, 0.15) is 54.4 Å². The van der Waals surface area contributed by atoms with Gasteiger partial charge in [0.05, 0.1) is 5.60 Å². The highest BCUT2D eigenvalue weighted by Gasteiger charge is 2.44. The van der Waals surface area contributed by atoms with Gasteiger partial charge in [-0.25, -0.2) is 0 Å². The third-order valence-electron chi connectivity index (χ3n) is 4.18. The van der Waals surface area contributed by atoms with Crippen LogP contribution < -0.4 is 0 Å². The molecule has 137 valence electrons. The number of halogens is 2. The van der Waals surface area contributed by atoms with Crippen LogP contribution in [0.2, 0.25) is 0 Å². The van der Waals surface area contributed by atoms with Gasteiger partial charge in [-0.05, 0) is 44.9 Å². The molecule has 0 heterocycles. The van der Waals surface area contributed by atoms with Crippen molar-refractivity contribution in [1.29, 1.82) is 0 Å². The molecule has 0 spiro atoms. The average molecular weight is 341 g/mol. The fourth-order valence-corrected chi connectivity index (χ4v) is 1.75. The Labute approximate surface area is 145 Å². The first-order valence-electron chi connectivity index (χ1n) is 8.29. The van der Waals surface area contributed by atoms with Gasteiger partial charge in [0.25, 0.3) is 5.92 Å². The van der Waals surface area contributed by atoms with E-state index in [9.17, 15) is 19.0 Å². The van der Waals surface area contributed by atoms with Crippen LogP contribution >= 0.6 is 0 Å². The number of hydrogen-bond donors (Lipinski definition) is 2. The molecule has 0 aliphatic carbocycles. The Hall–Kier alpha value is -1.26. The zero-order chi connectivity index (χ0) is 19.1. The van der Waals surface area contributed by atoms with Crippen molar-refractivity contribution in [3.63, 3.8) is 0 Å². The Morgan fingerprint density at radius 1 is 0.833 bits per heavy atom. The highest BCUT2D eigenvalue weighted by molar-refractivity contribution is 5.19. The molecular formula is C20H31F2O2. The molecule has 0 bridgehead atoms. The summed E-state index contributed by atoms with van der Waals surface area (Å²) in [6, 6.07) is 0. The van der Waals surface area contributed by atoms with E-state index in [1.165, 1.54) is 18.2 Å². The van der Waals surface area contributed by atoms with Crippen LogP contribution in [0.5, 0.6) is 0 Å². The van der Waals surface area contributed by atoms with Crippen LogP contribution in [0.3, 0.4) is 0 Å². The Morgan fingerprint density at radius 2 is 1.33 bits per heavy atom. The molecule has 0 saturated carbocycles. The molecule has 0 aromatic carbocycles. The molecule has 2 nitrogen and oxygen atoms in total. The molecule has 4 heteroatoms. The van der Waals surface area contributed by atoms with E-state index in [4.69, 9.17) is 0 Å². The topological polar surface area (TPSA) is 40.5 Å². The first kappa shape index (κ1) is 22.7. The van der Waals surface area contributed by atoms with Gasteiger partial charge in [-0.15, -0.1) is 0 Å². The van der Waals surface area contributed by atoms with Crippen molar-refractivity contribution in [3.05, 3.63) is 48.6 Å². The van der Waals surface area contributed by atoms with Crippen molar-refractivity contribution < 1.29 is 19.0 Å². The van der Waals surface area contributed by atoms with E-state index in [2.05, 4.69) is 6.08 Å². The summed E-state index contributed by atoms with van der Waals surface area (Å²) in [5, 5.41) is 20.5. The van der Waals surface area contributed by atoms with Crippen molar-refractivity contribution in [2.75, 3.05) is 0 Å². The maximum atomic E-state index is 13.9. The molecule has 0 rings (SSSR count). The number of rotatable bonds is 9. The van der Waals surface area contributed by atoms with E-state index in [1.807, 2.05) is 32.9 Å². The summed E-state index contributed by atoms with van der Waals surface area (Å²) >= 11 is 0. The fraction of sp³-hybridized carbons (Fsp3) is 0.600. The van der Waals surface area contributed by atoms with Gasteiger partial charge < -0.3 is 10.2 Å². The first-order valence-corrected chi connectivity index (χ1v) is 8.29. The zero-order valence-corrected chi connectivity index (χ0v) is 15.6. The van der Waals surface area contributed by atoms with Gasteiger partial charge in [0.15, 0.2) is 0 Å². The standard InChI is InChI=1S/C20H31F2O2/c1-7-9-13-17(3,4)18(5,23)14-11-12-15-19(6,24)20(21,22)16-10-8-2/h9-11,13-16,23-24H,7-8H2,1-6H3/b13-9-,14-11-,15-12?,16-10-. The van der Waals surface area contributed by atoms with Gasteiger partial charge in [0.1, 0.15) is 5.60 Å². The molecule has 0 aliphatic rings. The molecule has 2 N–H and O–H groups in total. The molecular weight excluding hydrogens is 310 g/mol. The molecule has 0 aromatic heterocycles. The Morgan fingerprint density at radius 3 is 1.83 bits per heavy atom. The van der Waals surface area contributed by atoms with Crippen molar-refractivity contribution in [1.82, 2.24) is 0 Å². The van der Waals surface area contributed by atoms with Gasteiger partial charge >= 0.3 is 0 Å². The molecule has 0 aliphatic heterocycles. The quantitative estimate of drug-likeness (QED) is 0.458. The van der Waals surface area contributed by atoms with Gasteiger partial charge in [-0.1, -0.05) is 58.1 Å². The number of alkyl halides is 2. The predicted molar refractivity (Wildman–Crippen MR) is 95.8 cm³/mol. The molecule has 0 fully saturated rings. The summed E-state index contributed by atoms with van der Waals surface area (Å²) in [7, 11) is 0. The normalized spacial score (nSPS) is 19.6. The lowest BCUT2D eigenvalue weighted by Gasteiger charge is -2.35. The maximum Gasteiger partial charge on any atom is 0.297 e. The van der Waals surface area contributed by atoms with Crippen molar-refractivity contribution >= 4 is 0 Å². The second-order valence-electron chi connectivity index (χ2n) is 6.91. The third-order valence-corrected chi connectivity index (χ3v) is 4.18. The molecule has 2 atom stereocenters. The van der Waals surface area contributed by atoms with Gasteiger partial charge in [-0.3, -0.25) is 0 Å². The van der Waals surface area contributed by atoms with E-state index in [-0.39, 0.29) is 0 Å². The lowest BCUT2D eigenvalue weighted by Crippen LogP contribution is -2.42. The third kappa shape index (κ3) is 6.33. The van der Waals surface area contributed by atoms with Crippen molar-refractivity contribution in [2.24, 2.45) is 5.41 Å². The smallest absolute Gasteiger partial charge is 0.297 e. The predicted octanol–water partition coefficient (Wildman–Crippen LogP) is 5.00. The summed E-state index contributed by atoms with van der Waals surface area (Å²) < 4.78 is 27.8. The van der Waals surface area contributed by atoms with E-state index >= 15 is 0 Å². The minimum atomic E-state index is -3.39. The number of allylic oxidation sites excluding steroid dienone is 4. The Balaban J connectivity index is 5.16. The summed E-state index contributed by atoms with van der Waals surface area (Å²) in [5.74, 6) is -3.39. The minimum absolute atomic E-state index is 0.461. The van der Waals surface area contributed by atoms with Crippen LogP contribution in [0.15, 0.2) is 42.5 Å². The summed E-state index contributed by atoms with van der Waals surface area (Å²) in [6.45, 7) is 10.2. The minimum Gasteiger partial charge on any atom is -0.385 e. The van der Waals surface area contributed by atoms with E-state index in [0.717, 1.165) is 19.4 Å². The van der Waals surface area contributed by atoms with Crippen LogP contribution in [0.25, 0.3) is 0 Å². The summed E-state index contributed by atoms with van der Waals surface area (Å²) in [5.41, 5.74) is -4.07. The van der Waals surface area contributed by atoms with Crippen molar-refractivity contribution in [3.8, 4) is 0 Å². The second-order valence-corrected chi connectivity index (χ2v) is 6.91. The highest BCUT2D eigenvalue weighted by Crippen LogP contribution is 2.34. The Bertz CT molecular complexity index is 450. The number of aliphatic hydroxyl groups is 2. The van der Waals surface area contributed by atoms with Crippen molar-refractivity contribution in [2.45, 2.75) is 71.5 Å². The number of hydrogen-bond acceptors (Lipinski definition) is 2. The lowest BCUT2D eigenvalue weighted by molar-refractivity contribution is -0.109. The highest BCUT2D eigenvalue weighted by atomic mass is 19.3. The molecule has 0 amide bonds. The molecule has 2 unspecified atom stereocenters. The fourth-order valence-electron chi connectivity index (χ4n) is 1.75. The van der Waals surface area contributed by atoms with Crippen LogP contribution in [-0.2, 0) is 0 Å². The molecule has 24 heavy (non-hydrogen) atoms. The first-order chi connectivity index (χ1) is 10.8. The monoisotopic (exact) mass is 341 g/mol. The lowest BCUT2D eigenvalue weighted by atomic mass is 9.75. The van der Waals surface area contributed by atoms with Gasteiger partial charge in [0.2, 0.25) is 0 Å². The average Bonchev–Trinajstić information content (AvgIpc) is 2.47. The largest absolute Gasteiger partial charge is 0.385 e. The molecule has 1 radical (unpaired) electrons. The summed E-state index contributed by atoms with van der Waals surface area (Å²) in [6.07, 6.45) is 13.5. The van der Waals surface area contributed by atoms with E-state index in [0.29, 0.717) is 12.5 Å². The van der Waals surface area contributed by atoms with Crippen LogP contribution in [0.4, 0.5) is 8.78 Å². The van der Waals surface area contributed by atoms with E-state index < -0.39 is 22.5 Å². The maximum absolute atomic E-state index is 13.9. The van der Waals surface area contributed by atoms with Gasteiger partial charge in [-0.2, -0.15) is 8.78 Å². The van der Waals surface area contributed by atoms with Crippen LogP contribution in [0, 0.1) is 11.5 Å².